The van der Waals surface area contributed by atoms with E-state index < -0.39 is 12.1 Å². The number of nitrogens with one attached hydrogen (secondary N) is 1. The van der Waals surface area contributed by atoms with Crippen molar-refractivity contribution in [3.63, 3.8) is 0 Å². The zero-order valence-electron chi connectivity index (χ0n) is 59.7. The summed E-state index contributed by atoms with van der Waals surface area (Å²) in [5, 5.41) is 23.5. The first-order valence-electron chi connectivity index (χ1n) is 40.2. The highest BCUT2D eigenvalue weighted by Crippen LogP contribution is 2.20. The summed E-state index contributed by atoms with van der Waals surface area (Å²) in [6.45, 7) is 4.99. The number of aliphatic hydroxyl groups is 2. The Labute approximate surface area is 551 Å². The Kier molecular flexibility index (Phi) is 75.8. The molecule has 0 bridgehead atoms. The molecule has 520 valence electrons. The van der Waals surface area contributed by atoms with Crippen molar-refractivity contribution in [1.82, 2.24) is 5.32 Å². The highest BCUT2D eigenvalue weighted by molar-refractivity contribution is 5.76. The Morgan fingerprint density at radius 1 is 0.318 bits per heavy atom. The number of carbonyl (C=O) groups is 2. The molecule has 0 spiro atoms. The van der Waals surface area contributed by atoms with Crippen LogP contribution in [0, 0.1) is 0 Å². The molecular weight excluding hydrogens is 1080 g/mol. The highest BCUT2D eigenvalue weighted by atomic mass is 16.5. The molecule has 2 atom stereocenters. The van der Waals surface area contributed by atoms with Gasteiger partial charge in [-0.2, -0.15) is 0 Å². The number of aliphatic hydroxyl groups excluding tert-OH is 2. The lowest BCUT2D eigenvalue weighted by Crippen LogP contribution is -2.45. The summed E-state index contributed by atoms with van der Waals surface area (Å²) in [4.78, 5) is 24.7. The molecule has 0 rings (SSSR count). The summed E-state index contributed by atoms with van der Waals surface area (Å²) in [7, 11) is 0. The maximum Gasteiger partial charge on any atom is 0.305 e. The average Bonchev–Trinajstić information content (AvgIpc) is 3.58. The fraction of sp³-hybridized carbons (Fsp3) is 0.902. The molecule has 0 heterocycles. The third kappa shape index (κ3) is 73.1. The van der Waals surface area contributed by atoms with Crippen LogP contribution in [0.4, 0.5) is 0 Å². The van der Waals surface area contributed by atoms with Crippen molar-refractivity contribution in [2.75, 3.05) is 13.2 Å². The molecule has 0 aromatic heterocycles. The van der Waals surface area contributed by atoms with Crippen LogP contribution in [-0.4, -0.2) is 47.4 Å². The number of esters is 1. The SMILES string of the molecule is CCCCCCCC/C=C\CCCCCCCCCC(=O)OCCCCCCCCCCC/C=C\C/C=C\CCCCCCCCCCCCCCCC(=O)NC(CO)C(O)CCCCCCCCCCCCCCCCCCCCCCCCCCC. The van der Waals surface area contributed by atoms with E-state index in [0.717, 1.165) is 51.4 Å². The Bertz CT molecular complexity index is 1430. The molecule has 3 N–H and O–H groups in total. The van der Waals surface area contributed by atoms with Crippen LogP contribution in [0.1, 0.15) is 450 Å². The number of carbonyl (C=O) groups excluding carboxylic acids is 2. The maximum absolute atomic E-state index is 12.6. The van der Waals surface area contributed by atoms with Crippen LogP contribution >= 0.6 is 0 Å². The van der Waals surface area contributed by atoms with E-state index in [1.165, 1.54) is 366 Å². The molecule has 0 saturated heterocycles. The Morgan fingerprint density at radius 2 is 0.568 bits per heavy atom. The lowest BCUT2D eigenvalue weighted by Gasteiger charge is -2.22. The first kappa shape index (κ1) is 86.1. The first-order valence-corrected chi connectivity index (χ1v) is 40.2. The van der Waals surface area contributed by atoms with Gasteiger partial charge in [0.2, 0.25) is 5.91 Å². The summed E-state index contributed by atoms with van der Waals surface area (Å²) in [5.41, 5.74) is 0. The normalized spacial score (nSPS) is 12.6. The molecule has 88 heavy (non-hydrogen) atoms. The molecule has 0 radical (unpaired) electrons. The van der Waals surface area contributed by atoms with Crippen LogP contribution in [0.2, 0.25) is 0 Å². The molecule has 0 aromatic rings. The quantitative estimate of drug-likeness (QED) is 0.0320. The van der Waals surface area contributed by atoms with Crippen LogP contribution in [0.5, 0.6) is 0 Å². The van der Waals surface area contributed by atoms with Gasteiger partial charge in [-0.05, 0) is 83.5 Å². The second-order valence-electron chi connectivity index (χ2n) is 27.7. The summed E-state index contributed by atoms with van der Waals surface area (Å²) < 4.78 is 5.50. The third-order valence-corrected chi connectivity index (χ3v) is 18.9. The lowest BCUT2D eigenvalue weighted by molar-refractivity contribution is -0.143. The Hall–Kier alpha value is -1.92. The highest BCUT2D eigenvalue weighted by Gasteiger charge is 2.20. The molecule has 6 heteroatoms. The van der Waals surface area contributed by atoms with Crippen LogP contribution in [-0.2, 0) is 14.3 Å². The van der Waals surface area contributed by atoms with E-state index in [0.29, 0.717) is 25.9 Å². The second kappa shape index (κ2) is 77.5. The minimum absolute atomic E-state index is 0.00963. The molecule has 0 aliphatic carbocycles. The summed E-state index contributed by atoms with van der Waals surface area (Å²) in [6, 6.07) is -0.544. The molecule has 1 amide bonds. The van der Waals surface area contributed by atoms with E-state index >= 15 is 0 Å². The minimum Gasteiger partial charge on any atom is -0.466 e. The second-order valence-corrected chi connectivity index (χ2v) is 27.7. The van der Waals surface area contributed by atoms with Gasteiger partial charge in [-0.3, -0.25) is 9.59 Å². The minimum atomic E-state index is -0.667. The largest absolute Gasteiger partial charge is 0.466 e. The smallest absolute Gasteiger partial charge is 0.305 e. The van der Waals surface area contributed by atoms with E-state index in [9.17, 15) is 19.8 Å². The fourth-order valence-corrected chi connectivity index (χ4v) is 12.8. The number of rotatable bonds is 76. The van der Waals surface area contributed by atoms with Crippen molar-refractivity contribution in [1.29, 1.82) is 0 Å². The van der Waals surface area contributed by atoms with Gasteiger partial charge in [0.25, 0.3) is 0 Å². The van der Waals surface area contributed by atoms with Gasteiger partial charge < -0.3 is 20.3 Å². The summed E-state index contributed by atoms with van der Waals surface area (Å²) >= 11 is 0. The molecule has 6 nitrogen and oxygen atoms in total. The average molecular weight is 1240 g/mol. The lowest BCUT2D eigenvalue weighted by atomic mass is 10.0. The van der Waals surface area contributed by atoms with E-state index in [1.807, 2.05) is 0 Å². The van der Waals surface area contributed by atoms with Crippen molar-refractivity contribution in [3.05, 3.63) is 36.5 Å². The van der Waals surface area contributed by atoms with Crippen LogP contribution in [0.25, 0.3) is 0 Å². The standard InChI is InChI=1S/C82H157NO5/c1-3-5-7-9-11-13-15-17-19-21-22-23-24-30-33-36-39-43-46-50-54-58-62-66-70-74-80(85)79(78-84)83-81(86)75-71-67-63-59-55-51-47-44-40-37-34-31-28-26-25-27-29-32-35-38-41-45-49-53-57-61-65-69-73-77-88-82(87)76-72-68-64-60-56-52-48-42-20-18-16-14-12-10-8-6-4-2/h18,20,25,27,32,35,79-80,84-85H,3-17,19,21-24,26,28-31,33-34,36-78H2,1-2H3,(H,83,86)/b20-18-,27-25-,35-32-. The predicted molar refractivity (Wildman–Crippen MR) is 389 cm³/mol. The van der Waals surface area contributed by atoms with Crippen molar-refractivity contribution in [3.8, 4) is 0 Å². The van der Waals surface area contributed by atoms with Gasteiger partial charge in [0.05, 0.1) is 25.4 Å². The molecule has 0 fully saturated rings. The topological polar surface area (TPSA) is 95.9 Å². The molecule has 0 aliphatic heterocycles. The number of hydrogen-bond acceptors (Lipinski definition) is 5. The Morgan fingerprint density at radius 3 is 0.875 bits per heavy atom. The number of ether oxygens (including phenoxy) is 1. The van der Waals surface area contributed by atoms with Crippen LogP contribution in [0.15, 0.2) is 36.5 Å². The molecule has 2 unspecified atom stereocenters. The van der Waals surface area contributed by atoms with Gasteiger partial charge in [-0.1, -0.05) is 391 Å². The number of unbranched alkanes of at least 4 members (excludes halogenated alkanes) is 59. The molecular formula is C82H157NO5. The van der Waals surface area contributed by atoms with E-state index in [4.69, 9.17) is 4.74 Å². The number of amides is 1. The first-order chi connectivity index (χ1) is 43.5. The molecule has 0 aliphatic rings. The van der Waals surface area contributed by atoms with Crippen molar-refractivity contribution < 1.29 is 24.5 Å². The monoisotopic (exact) mass is 1240 g/mol. The van der Waals surface area contributed by atoms with Gasteiger partial charge in [0.1, 0.15) is 0 Å². The van der Waals surface area contributed by atoms with E-state index in [1.54, 1.807) is 0 Å². The zero-order chi connectivity index (χ0) is 63.5. The number of hydrogen-bond donors (Lipinski definition) is 3. The van der Waals surface area contributed by atoms with Crippen LogP contribution in [0.3, 0.4) is 0 Å². The Balaban J connectivity index is 3.40. The van der Waals surface area contributed by atoms with Gasteiger partial charge in [0, 0.05) is 12.8 Å². The number of allylic oxidation sites excluding steroid dienone is 6. The van der Waals surface area contributed by atoms with Gasteiger partial charge >= 0.3 is 5.97 Å². The van der Waals surface area contributed by atoms with Crippen molar-refractivity contribution in [2.45, 2.75) is 463 Å². The molecule has 0 saturated carbocycles. The summed E-state index contributed by atoms with van der Waals surface area (Å²) in [5.74, 6) is -0.0210. The van der Waals surface area contributed by atoms with Gasteiger partial charge in [-0.25, -0.2) is 0 Å². The van der Waals surface area contributed by atoms with E-state index in [-0.39, 0.29) is 18.5 Å². The fourth-order valence-electron chi connectivity index (χ4n) is 12.8. The van der Waals surface area contributed by atoms with E-state index in [2.05, 4.69) is 55.6 Å². The van der Waals surface area contributed by atoms with Crippen molar-refractivity contribution >= 4 is 11.9 Å². The third-order valence-electron chi connectivity index (χ3n) is 18.9. The predicted octanol–water partition coefficient (Wildman–Crippen LogP) is 26.6. The van der Waals surface area contributed by atoms with Gasteiger partial charge in [0.15, 0.2) is 0 Å². The maximum atomic E-state index is 12.6. The summed E-state index contributed by atoms with van der Waals surface area (Å²) in [6.07, 6.45) is 101. The van der Waals surface area contributed by atoms with Crippen molar-refractivity contribution in [2.24, 2.45) is 0 Å². The zero-order valence-corrected chi connectivity index (χ0v) is 59.7. The van der Waals surface area contributed by atoms with Gasteiger partial charge in [-0.15, -0.1) is 0 Å². The molecule has 0 aromatic carbocycles. The van der Waals surface area contributed by atoms with Crippen LogP contribution < -0.4 is 5.32 Å².